The summed E-state index contributed by atoms with van der Waals surface area (Å²) in [5.41, 5.74) is 7.88. The lowest BCUT2D eigenvalue weighted by Gasteiger charge is -2.08. The molecule has 3 N–H and O–H groups in total. The molecular weight excluding hydrogens is 358 g/mol. The van der Waals surface area contributed by atoms with Crippen molar-refractivity contribution in [2.45, 2.75) is 29.0 Å². The highest BCUT2D eigenvalue weighted by atomic mass is 32.2. The second-order valence-electron chi connectivity index (χ2n) is 5.47. The van der Waals surface area contributed by atoms with Crippen LogP contribution in [-0.2, 0) is 22.8 Å². The molecule has 130 valence electrons. The number of nitrogens with two attached hydrogens (primary N) is 1. The number of aryl methyl sites for hydroxylation is 1. The lowest BCUT2D eigenvalue weighted by atomic mass is 10.0. The number of nitrogens with zero attached hydrogens (tertiary/aromatic N) is 2. The molecule has 0 unspecified atom stereocenters. The van der Waals surface area contributed by atoms with E-state index in [9.17, 15) is 13.6 Å². The molecule has 0 aliphatic rings. The molecular formula is C17H18N3O3S2+. The number of thiazole rings is 1. The quantitative estimate of drug-likeness (QED) is 0.525. The summed E-state index contributed by atoms with van der Waals surface area (Å²) in [5, 5.41) is 10.2. The molecule has 0 atom stereocenters. The van der Waals surface area contributed by atoms with Gasteiger partial charge in [-0.05, 0) is 35.7 Å². The third-order valence-corrected chi connectivity index (χ3v) is 6.99. The number of rotatable bonds is 5. The molecule has 2 heterocycles. The Bertz CT molecular complexity index is 1010. The molecule has 0 radical (unpaired) electrons. The van der Waals surface area contributed by atoms with E-state index in [1.165, 1.54) is 18.6 Å². The summed E-state index contributed by atoms with van der Waals surface area (Å²) in [4.78, 5) is 4.25. The summed E-state index contributed by atoms with van der Waals surface area (Å²) in [6, 6.07) is 8.73. The van der Waals surface area contributed by atoms with E-state index < -0.39 is 9.84 Å². The zero-order valence-electron chi connectivity index (χ0n) is 13.6. The normalized spacial score (nSPS) is 11.6. The molecule has 2 aromatic heterocycles. The Morgan fingerprint density at radius 3 is 2.72 bits per heavy atom. The monoisotopic (exact) mass is 376 g/mol. The van der Waals surface area contributed by atoms with Gasteiger partial charge in [0.2, 0.25) is 22.2 Å². The second kappa shape index (κ2) is 6.91. The van der Waals surface area contributed by atoms with Crippen LogP contribution in [0, 0.1) is 0 Å². The number of sulfone groups is 1. The highest BCUT2D eigenvalue weighted by molar-refractivity contribution is 7.93. The Balaban J connectivity index is 2.14. The Labute approximate surface area is 150 Å². The molecule has 0 fully saturated rings. The maximum atomic E-state index is 13.0. The average Bonchev–Trinajstić information content (AvgIpc) is 3.11. The van der Waals surface area contributed by atoms with Gasteiger partial charge in [0.15, 0.2) is 0 Å². The van der Waals surface area contributed by atoms with Crippen LogP contribution in [0.1, 0.15) is 17.5 Å². The largest absolute Gasteiger partial charge is 0.325 e. The first-order valence-corrected chi connectivity index (χ1v) is 9.98. The van der Waals surface area contributed by atoms with Gasteiger partial charge in [-0.25, -0.2) is 13.4 Å². The molecule has 1 aromatic carbocycles. The Morgan fingerprint density at radius 1 is 1.28 bits per heavy atom. The van der Waals surface area contributed by atoms with E-state index in [1.54, 1.807) is 18.2 Å². The molecule has 0 aliphatic heterocycles. The fourth-order valence-corrected chi connectivity index (χ4v) is 5.00. The van der Waals surface area contributed by atoms with Gasteiger partial charge in [-0.3, -0.25) is 5.21 Å². The molecule has 0 saturated heterocycles. The van der Waals surface area contributed by atoms with Crippen LogP contribution in [0.2, 0.25) is 0 Å². The third kappa shape index (κ3) is 3.55. The first kappa shape index (κ1) is 17.5. The van der Waals surface area contributed by atoms with Crippen LogP contribution in [0.15, 0.2) is 58.0 Å². The summed E-state index contributed by atoms with van der Waals surface area (Å²) < 4.78 is 27.0. The summed E-state index contributed by atoms with van der Waals surface area (Å²) >= 11 is 1.08. The van der Waals surface area contributed by atoms with Crippen molar-refractivity contribution >= 4 is 21.2 Å². The van der Waals surface area contributed by atoms with Crippen molar-refractivity contribution in [3.05, 3.63) is 59.5 Å². The molecule has 0 saturated carbocycles. The molecule has 6 nitrogen and oxygen atoms in total. The number of hydrogen-bond donors (Lipinski definition) is 2. The molecule has 3 rings (SSSR count). The molecule has 0 spiro atoms. The topological polar surface area (TPSA) is 97.2 Å². The number of hydrogen-bond acceptors (Lipinski definition) is 6. The van der Waals surface area contributed by atoms with Crippen LogP contribution in [0.4, 0.5) is 0 Å². The van der Waals surface area contributed by atoms with E-state index in [0.29, 0.717) is 11.4 Å². The number of benzene rings is 1. The first-order chi connectivity index (χ1) is 11.9. The fraction of sp³-hybridized carbons (Fsp3) is 0.176. The van der Waals surface area contributed by atoms with Crippen LogP contribution >= 0.6 is 11.3 Å². The standard InChI is InChI=1S/C17H18N3O3S2/c1-2-12-6-14(13-4-3-5-20(21)11-13)8-15(7-12)25(22,23)17-10-19-16(9-18)24-17/h3-8,10-11,21H,2,9,18H2,1H3/q+1. The lowest BCUT2D eigenvalue weighted by molar-refractivity contribution is -0.904. The minimum Gasteiger partial charge on any atom is -0.325 e. The van der Waals surface area contributed by atoms with Gasteiger partial charge >= 0.3 is 0 Å². The zero-order valence-corrected chi connectivity index (χ0v) is 15.2. The van der Waals surface area contributed by atoms with E-state index in [-0.39, 0.29) is 15.6 Å². The summed E-state index contributed by atoms with van der Waals surface area (Å²) in [6.07, 6.45) is 5.07. The van der Waals surface area contributed by atoms with Gasteiger partial charge in [-0.1, -0.05) is 13.0 Å². The predicted octanol–water partition coefficient (Wildman–Crippen LogP) is 2.19. The second-order valence-corrected chi connectivity index (χ2v) is 8.76. The highest BCUT2D eigenvalue weighted by Crippen LogP contribution is 2.30. The molecule has 25 heavy (non-hydrogen) atoms. The van der Waals surface area contributed by atoms with Crippen LogP contribution in [-0.4, -0.2) is 18.6 Å². The van der Waals surface area contributed by atoms with Crippen LogP contribution in [0.5, 0.6) is 0 Å². The smallest absolute Gasteiger partial charge is 0.230 e. The third-order valence-electron chi connectivity index (χ3n) is 3.78. The predicted molar refractivity (Wildman–Crippen MR) is 94.1 cm³/mol. The van der Waals surface area contributed by atoms with Gasteiger partial charge in [0, 0.05) is 17.3 Å². The Hall–Kier alpha value is -2.29. The number of pyridine rings is 1. The molecule has 8 heteroatoms. The van der Waals surface area contributed by atoms with E-state index in [4.69, 9.17) is 5.73 Å². The fourth-order valence-electron chi connectivity index (χ4n) is 2.45. The van der Waals surface area contributed by atoms with Crippen LogP contribution in [0.25, 0.3) is 11.1 Å². The van der Waals surface area contributed by atoms with E-state index in [1.807, 2.05) is 19.1 Å². The summed E-state index contributed by atoms with van der Waals surface area (Å²) in [6.45, 7) is 2.17. The van der Waals surface area contributed by atoms with Gasteiger partial charge in [-0.2, -0.15) is 0 Å². The van der Waals surface area contributed by atoms with Gasteiger partial charge in [-0.15, -0.1) is 11.3 Å². The van der Waals surface area contributed by atoms with E-state index in [2.05, 4.69) is 4.98 Å². The summed E-state index contributed by atoms with van der Waals surface area (Å²) in [7, 11) is -3.67. The minimum atomic E-state index is -3.67. The molecule has 0 aliphatic carbocycles. The van der Waals surface area contributed by atoms with Crippen molar-refractivity contribution in [2.75, 3.05) is 0 Å². The van der Waals surface area contributed by atoms with Crippen molar-refractivity contribution < 1.29 is 18.4 Å². The van der Waals surface area contributed by atoms with Crippen molar-refractivity contribution in [1.82, 2.24) is 4.98 Å². The number of aromatic nitrogens is 2. The van der Waals surface area contributed by atoms with Crippen molar-refractivity contribution in [2.24, 2.45) is 5.73 Å². The van der Waals surface area contributed by atoms with E-state index >= 15 is 0 Å². The van der Waals surface area contributed by atoms with Crippen LogP contribution in [0.3, 0.4) is 0 Å². The Kier molecular flexibility index (Phi) is 4.85. The van der Waals surface area contributed by atoms with Gasteiger partial charge in [0.25, 0.3) is 0 Å². The van der Waals surface area contributed by atoms with Crippen molar-refractivity contribution in [3.63, 3.8) is 0 Å². The van der Waals surface area contributed by atoms with Crippen LogP contribution < -0.4 is 10.5 Å². The molecule has 0 bridgehead atoms. The maximum absolute atomic E-state index is 13.0. The maximum Gasteiger partial charge on any atom is 0.230 e. The Morgan fingerprint density at radius 2 is 2.08 bits per heavy atom. The van der Waals surface area contributed by atoms with Crippen molar-refractivity contribution in [3.8, 4) is 11.1 Å². The van der Waals surface area contributed by atoms with Gasteiger partial charge < -0.3 is 5.73 Å². The van der Waals surface area contributed by atoms with Crippen molar-refractivity contribution in [1.29, 1.82) is 0 Å². The first-order valence-electron chi connectivity index (χ1n) is 7.69. The van der Waals surface area contributed by atoms with E-state index in [0.717, 1.165) is 32.8 Å². The summed E-state index contributed by atoms with van der Waals surface area (Å²) in [5.74, 6) is 0. The highest BCUT2D eigenvalue weighted by Gasteiger charge is 2.22. The van der Waals surface area contributed by atoms with Gasteiger partial charge in [0.1, 0.15) is 9.22 Å². The van der Waals surface area contributed by atoms with Gasteiger partial charge in [0.05, 0.1) is 16.7 Å². The molecule has 0 amide bonds. The lowest BCUT2D eigenvalue weighted by Crippen LogP contribution is -2.28. The average molecular weight is 376 g/mol. The SMILES string of the molecule is CCc1cc(-c2ccc[n+](O)c2)cc(S(=O)(=O)c2cnc(CN)s2)c1. The zero-order chi connectivity index (χ0) is 18.0. The molecule has 3 aromatic rings. The minimum absolute atomic E-state index is 0.178.